The fraction of sp³-hybridized carbons (Fsp3) is 0.333. The molecule has 3 rings (SSSR count). The van der Waals surface area contributed by atoms with Crippen LogP contribution in [0, 0.1) is 0 Å². The summed E-state index contributed by atoms with van der Waals surface area (Å²) in [7, 11) is 0. The third-order valence-electron chi connectivity index (χ3n) is 4.33. The Bertz CT molecular complexity index is 579. The van der Waals surface area contributed by atoms with Crippen molar-refractivity contribution >= 4 is 14.7 Å². The molecule has 20 heavy (non-hydrogen) atoms. The first kappa shape index (κ1) is 13.8. The molecule has 0 spiro atoms. The summed E-state index contributed by atoms with van der Waals surface area (Å²) in [5.74, 6) is 0.499. The third-order valence-corrected chi connectivity index (χ3v) is 9.68. The van der Waals surface area contributed by atoms with Gasteiger partial charge in [-0.15, -0.1) is 0 Å². The predicted octanol–water partition coefficient (Wildman–Crippen LogP) is 4.16. The molecule has 2 atom stereocenters. The van der Waals surface area contributed by atoms with Crippen molar-refractivity contribution in [1.29, 1.82) is 0 Å². The monoisotopic (exact) mass is 328 g/mol. The van der Waals surface area contributed by atoms with E-state index in [0.717, 1.165) is 11.1 Å². The van der Waals surface area contributed by atoms with E-state index in [1.165, 1.54) is 34.7 Å². The molecule has 0 aromatic heterocycles. The van der Waals surface area contributed by atoms with Crippen LogP contribution in [0.1, 0.15) is 23.1 Å². The molecule has 0 bridgehead atoms. The summed E-state index contributed by atoms with van der Waals surface area (Å²) < 4.78 is 0.872. The van der Waals surface area contributed by atoms with Crippen molar-refractivity contribution in [2.24, 2.45) is 0 Å². The van der Waals surface area contributed by atoms with Crippen molar-refractivity contribution in [1.82, 2.24) is 0 Å². The van der Waals surface area contributed by atoms with Crippen LogP contribution in [0.3, 0.4) is 0 Å². The molecule has 0 radical (unpaired) electrons. The number of hydrogen-bond donors (Lipinski definition) is 1. The summed E-state index contributed by atoms with van der Waals surface area (Å²) >= 11 is -0.839. The van der Waals surface area contributed by atoms with Gasteiger partial charge in [-0.2, -0.15) is 0 Å². The standard InChI is InChI=1S/C18H21AsO/c1-19(13-14-6-3-2-4-7-14)16-10-11-17-15(12-16)8-5-9-18(17)20/h2-9,16,20H,10-13H2,1H3. The summed E-state index contributed by atoms with van der Waals surface area (Å²) in [6.45, 7) is 0. The van der Waals surface area contributed by atoms with Gasteiger partial charge in [0.05, 0.1) is 0 Å². The Hall–Kier alpha value is -1.20. The fourth-order valence-corrected chi connectivity index (χ4v) is 7.60. The van der Waals surface area contributed by atoms with E-state index in [-0.39, 0.29) is 0 Å². The molecule has 1 aliphatic rings. The van der Waals surface area contributed by atoms with Crippen LogP contribution in [-0.2, 0) is 18.1 Å². The van der Waals surface area contributed by atoms with E-state index in [9.17, 15) is 5.11 Å². The van der Waals surface area contributed by atoms with Crippen LogP contribution in [0.15, 0.2) is 48.5 Å². The molecule has 2 heteroatoms. The van der Waals surface area contributed by atoms with Gasteiger partial charge in [0.2, 0.25) is 0 Å². The second kappa shape index (κ2) is 6.06. The number of phenols is 1. The number of fused-ring (bicyclic) bond motifs is 1. The van der Waals surface area contributed by atoms with E-state index in [1.54, 1.807) is 0 Å². The Labute approximate surface area is 125 Å². The minimum absolute atomic E-state index is 0.499. The van der Waals surface area contributed by atoms with E-state index in [1.807, 2.05) is 12.1 Å². The van der Waals surface area contributed by atoms with Crippen molar-refractivity contribution in [3.8, 4) is 5.75 Å². The van der Waals surface area contributed by atoms with E-state index in [2.05, 4.69) is 42.1 Å². The molecule has 0 saturated carbocycles. The first-order chi connectivity index (χ1) is 9.74. The van der Waals surface area contributed by atoms with Crippen molar-refractivity contribution < 1.29 is 5.11 Å². The molecule has 0 saturated heterocycles. The van der Waals surface area contributed by atoms with Crippen LogP contribution in [0.2, 0.25) is 10.4 Å². The van der Waals surface area contributed by atoms with Crippen molar-refractivity contribution in [2.75, 3.05) is 0 Å². The van der Waals surface area contributed by atoms with Crippen molar-refractivity contribution in [3.63, 3.8) is 0 Å². The van der Waals surface area contributed by atoms with Crippen molar-refractivity contribution in [2.45, 2.75) is 34.9 Å². The average molecular weight is 328 g/mol. The molecule has 104 valence electrons. The number of hydrogen-bond acceptors (Lipinski definition) is 1. The van der Waals surface area contributed by atoms with Gasteiger partial charge in [0.25, 0.3) is 0 Å². The van der Waals surface area contributed by atoms with Crippen LogP contribution < -0.4 is 0 Å². The van der Waals surface area contributed by atoms with Crippen LogP contribution in [0.4, 0.5) is 0 Å². The molecule has 2 aromatic rings. The van der Waals surface area contributed by atoms with Gasteiger partial charge in [0, 0.05) is 0 Å². The molecule has 0 aliphatic heterocycles. The summed E-state index contributed by atoms with van der Waals surface area (Å²) in [6, 6.07) is 16.9. The zero-order valence-corrected chi connectivity index (χ0v) is 13.8. The van der Waals surface area contributed by atoms with E-state index in [4.69, 9.17) is 0 Å². The molecule has 0 fully saturated rings. The third kappa shape index (κ3) is 2.93. The molecule has 0 heterocycles. The Morgan fingerprint density at radius 2 is 1.90 bits per heavy atom. The van der Waals surface area contributed by atoms with Crippen LogP contribution >= 0.6 is 0 Å². The molecular weight excluding hydrogens is 307 g/mol. The van der Waals surface area contributed by atoms with E-state index >= 15 is 0 Å². The molecular formula is C18H21AsO. The van der Waals surface area contributed by atoms with Gasteiger partial charge in [-0.1, -0.05) is 0 Å². The molecule has 2 unspecified atom stereocenters. The van der Waals surface area contributed by atoms with E-state index in [0.29, 0.717) is 5.75 Å². The summed E-state index contributed by atoms with van der Waals surface area (Å²) in [5.41, 5.74) is 6.59. The zero-order valence-electron chi connectivity index (χ0n) is 11.9. The molecule has 1 aliphatic carbocycles. The number of aromatic hydroxyl groups is 1. The number of rotatable bonds is 3. The normalized spacial score (nSPS) is 19.4. The first-order valence-electron chi connectivity index (χ1n) is 7.28. The van der Waals surface area contributed by atoms with Gasteiger partial charge < -0.3 is 0 Å². The minimum atomic E-state index is -0.839. The Kier molecular flexibility index (Phi) is 4.17. The summed E-state index contributed by atoms with van der Waals surface area (Å²) in [4.78, 5) is 0. The van der Waals surface area contributed by atoms with Crippen LogP contribution in [-0.4, -0.2) is 19.8 Å². The SMILES string of the molecule is C[As](Cc1ccccc1)C1CCc2c(O)cccc2C1. The summed E-state index contributed by atoms with van der Waals surface area (Å²) in [6.07, 6.45) is 3.49. The first-order valence-corrected chi connectivity index (χ1v) is 11.6. The molecule has 2 aromatic carbocycles. The van der Waals surface area contributed by atoms with Gasteiger partial charge in [-0.3, -0.25) is 0 Å². The Morgan fingerprint density at radius 3 is 2.70 bits per heavy atom. The molecule has 1 nitrogen and oxygen atoms in total. The zero-order chi connectivity index (χ0) is 13.9. The van der Waals surface area contributed by atoms with Gasteiger partial charge in [-0.25, -0.2) is 0 Å². The molecule has 1 N–H and O–H groups in total. The average Bonchev–Trinajstić information content (AvgIpc) is 2.48. The topological polar surface area (TPSA) is 20.2 Å². The second-order valence-corrected chi connectivity index (χ2v) is 11.1. The Morgan fingerprint density at radius 1 is 1.10 bits per heavy atom. The number of benzene rings is 2. The van der Waals surface area contributed by atoms with Crippen molar-refractivity contribution in [3.05, 3.63) is 65.2 Å². The maximum absolute atomic E-state index is 9.93. The van der Waals surface area contributed by atoms with Crippen LogP contribution in [0.5, 0.6) is 5.75 Å². The van der Waals surface area contributed by atoms with Crippen LogP contribution in [0.25, 0.3) is 0 Å². The fourth-order valence-electron chi connectivity index (χ4n) is 3.14. The van der Waals surface area contributed by atoms with Gasteiger partial charge in [-0.05, 0) is 0 Å². The van der Waals surface area contributed by atoms with Gasteiger partial charge in [0.15, 0.2) is 0 Å². The van der Waals surface area contributed by atoms with Gasteiger partial charge >= 0.3 is 126 Å². The molecule has 0 amide bonds. The Balaban J connectivity index is 1.70. The predicted molar refractivity (Wildman–Crippen MR) is 85.6 cm³/mol. The van der Waals surface area contributed by atoms with Gasteiger partial charge in [0.1, 0.15) is 0 Å². The summed E-state index contributed by atoms with van der Waals surface area (Å²) in [5, 5.41) is 11.2. The quantitative estimate of drug-likeness (QED) is 0.839. The second-order valence-electron chi connectivity index (χ2n) is 5.71. The van der Waals surface area contributed by atoms with E-state index < -0.39 is 14.7 Å². The number of phenolic OH excluding ortho intramolecular Hbond substituents is 1. The maximum atomic E-state index is 9.93.